The van der Waals surface area contributed by atoms with E-state index in [0.29, 0.717) is 12.8 Å². The molecular weight excluding hydrogens is 654 g/mol. The molecule has 2 heterocycles. The number of alkyl halides is 2. The highest BCUT2D eigenvalue weighted by atomic mass is 35.5. The van der Waals surface area contributed by atoms with E-state index in [1.807, 2.05) is 0 Å². The van der Waals surface area contributed by atoms with Crippen LogP contribution in [0.5, 0.6) is 0 Å². The molecule has 254 valence electrons. The van der Waals surface area contributed by atoms with Crippen LogP contribution in [0.2, 0.25) is 0 Å². The van der Waals surface area contributed by atoms with Crippen LogP contribution in [0.25, 0.3) is 0 Å². The molecular formula is C25H35ClFN2O15P. The van der Waals surface area contributed by atoms with Crippen LogP contribution in [0.15, 0.2) is 16.5 Å². The number of carbonyl (C=O) groups excluding carboxylic acids is 4. The Morgan fingerprint density at radius 1 is 1.02 bits per heavy atom. The summed E-state index contributed by atoms with van der Waals surface area (Å²) in [5.41, 5.74) is 0. The van der Waals surface area contributed by atoms with Crippen LogP contribution in [0, 0.1) is 10.1 Å². The number of hydrogen-bond donors (Lipinski definition) is 0. The minimum absolute atomic E-state index is 0.0539. The number of halogens is 2. The number of unbranched alkanes of at least 4 members (excludes halogenated alkanes) is 1. The molecule has 1 aromatic heterocycles. The summed E-state index contributed by atoms with van der Waals surface area (Å²) in [6.45, 7) is 2.47. The smallest absolute Gasteiger partial charge is 0.433 e. The molecule has 1 aliphatic rings. The largest absolute Gasteiger partial charge is 0.463 e. The van der Waals surface area contributed by atoms with Crippen LogP contribution in [0.3, 0.4) is 0 Å². The van der Waals surface area contributed by atoms with Crippen molar-refractivity contribution >= 4 is 49.1 Å². The first-order valence-electron chi connectivity index (χ1n) is 13.5. The summed E-state index contributed by atoms with van der Waals surface area (Å²) in [6, 6.07) is 2.25. The Balaban J connectivity index is 2.57. The van der Waals surface area contributed by atoms with Crippen LogP contribution in [-0.2, 0) is 63.1 Å². The van der Waals surface area contributed by atoms with Gasteiger partial charge in [-0.1, -0.05) is 0 Å². The predicted molar refractivity (Wildman–Crippen MR) is 148 cm³/mol. The number of ether oxygens (including phenoxy) is 5. The normalized spacial score (nSPS) is 23.4. The zero-order valence-electron chi connectivity index (χ0n) is 25.1. The second-order valence-electron chi connectivity index (χ2n) is 9.63. The van der Waals surface area contributed by atoms with Gasteiger partial charge in [0.15, 0.2) is 24.5 Å². The topological polar surface area (TPSA) is 209 Å². The second kappa shape index (κ2) is 17.5. The second-order valence-corrected chi connectivity index (χ2v) is 12.1. The van der Waals surface area contributed by atoms with Gasteiger partial charge in [-0.15, -0.1) is 11.6 Å². The Morgan fingerprint density at radius 3 is 2.16 bits per heavy atom. The van der Waals surface area contributed by atoms with E-state index in [-0.39, 0.29) is 18.2 Å². The van der Waals surface area contributed by atoms with Crippen molar-refractivity contribution in [2.24, 2.45) is 0 Å². The number of furan rings is 1. The van der Waals surface area contributed by atoms with E-state index in [9.17, 15) is 33.9 Å². The molecule has 1 aromatic rings. The molecule has 1 fully saturated rings. The van der Waals surface area contributed by atoms with Gasteiger partial charge in [0.25, 0.3) is 0 Å². The summed E-state index contributed by atoms with van der Waals surface area (Å²) in [5, 5.41) is 11.0. The van der Waals surface area contributed by atoms with Crippen LogP contribution < -0.4 is 0 Å². The van der Waals surface area contributed by atoms with E-state index in [1.54, 1.807) is 0 Å². The van der Waals surface area contributed by atoms with E-state index in [2.05, 4.69) is 0 Å². The van der Waals surface area contributed by atoms with Gasteiger partial charge < -0.3 is 28.1 Å². The molecule has 0 amide bonds. The Bertz CT molecular complexity index is 1250. The minimum Gasteiger partial charge on any atom is -0.463 e. The summed E-state index contributed by atoms with van der Waals surface area (Å²) in [5.74, 6) is -4.21. The third kappa shape index (κ3) is 11.6. The summed E-state index contributed by atoms with van der Waals surface area (Å²) in [6.07, 6.45) is -10.6. The molecule has 1 unspecified atom stereocenters. The molecule has 0 spiro atoms. The van der Waals surface area contributed by atoms with Crippen molar-refractivity contribution in [3.63, 3.8) is 0 Å². The van der Waals surface area contributed by atoms with Crippen molar-refractivity contribution in [1.82, 2.24) is 4.67 Å². The lowest BCUT2D eigenvalue weighted by Crippen LogP contribution is -2.64. The van der Waals surface area contributed by atoms with Crippen molar-refractivity contribution in [3.8, 4) is 0 Å². The van der Waals surface area contributed by atoms with Gasteiger partial charge in [-0.3, -0.25) is 38.3 Å². The van der Waals surface area contributed by atoms with E-state index < -0.39 is 92.5 Å². The molecule has 0 aliphatic carbocycles. The van der Waals surface area contributed by atoms with E-state index in [4.69, 9.17) is 48.7 Å². The lowest BCUT2D eigenvalue weighted by molar-refractivity contribution is -0.402. The van der Waals surface area contributed by atoms with Gasteiger partial charge in [0.1, 0.15) is 30.0 Å². The fraction of sp³-hybridized carbons (Fsp3) is 0.680. The first-order chi connectivity index (χ1) is 21.1. The van der Waals surface area contributed by atoms with Crippen LogP contribution in [0.4, 0.5) is 10.3 Å². The molecule has 1 saturated heterocycles. The average molecular weight is 689 g/mol. The lowest BCUT2D eigenvalue weighted by atomic mass is 9.95. The molecule has 1 aliphatic heterocycles. The van der Waals surface area contributed by atoms with Crippen molar-refractivity contribution in [1.29, 1.82) is 0 Å². The fourth-order valence-electron chi connectivity index (χ4n) is 4.06. The van der Waals surface area contributed by atoms with Gasteiger partial charge in [0, 0.05) is 40.1 Å². The van der Waals surface area contributed by atoms with Crippen LogP contribution in [0.1, 0.15) is 46.3 Å². The number of rotatable bonds is 17. The van der Waals surface area contributed by atoms with E-state index in [1.165, 1.54) is 13.1 Å². The van der Waals surface area contributed by atoms with E-state index >= 15 is 4.39 Å². The van der Waals surface area contributed by atoms with Gasteiger partial charge in [0.2, 0.25) is 6.29 Å². The maximum absolute atomic E-state index is 15.6. The minimum atomic E-state index is -4.59. The maximum Gasteiger partial charge on any atom is 0.433 e. The van der Waals surface area contributed by atoms with Crippen molar-refractivity contribution in [3.05, 3.63) is 28.0 Å². The third-order valence-corrected chi connectivity index (χ3v) is 8.19. The van der Waals surface area contributed by atoms with Gasteiger partial charge in [-0.2, -0.15) is 0 Å². The number of esters is 4. The quantitative estimate of drug-likeness (QED) is 0.0437. The SMILES string of the molecule is CC(=O)OC[C@H](F)[C@H]1O[C@@H](OP(=O)(OCc2ccc([N+](=O)[O-])o2)N(C)CCCCCl)[C@@H](OC(C)=O)[C@@H](OC(C)=O)[C@@H]1OC(C)=O. The first kappa shape index (κ1) is 38.0. The Labute approximate surface area is 262 Å². The number of nitro groups is 1. The predicted octanol–water partition coefficient (Wildman–Crippen LogP) is 3.20. The molecule has 0 radical (unpaired) electrons. The lowest BCUT2D eigenvalue weighted by Gasteiger charge is -2.45. The summed E-state index contributed by atoms with van der Waals surface area (Å²) in [4.78, 5) is 57.8. The summed E-state index contributed by atoms with van der Waals surface area (Å²) >= 11 is 5.76. The van der Waals surface area contributed by atoms with Crippen LogP contribution >= 0.6 is 19.3 Å². The molecule has 0 aromatic carbocycles. The Kier molecular flexibility index (Phi) is 14.8. The van der Waals surface area contributed by atoms with Crippen molar-refractivity contribution < 1.29 is 70.2 Å². The van der Waals surface area contributed by atoms with Gasteiger partial charge in [-0.25, -0.2) is 13.6 Å². The highest BCUT2D eigenvalue weighted by Gasteiger charge is 2.57. The highest BCUT2D eigenvalue weighted by Crippen LogP contribution is 2.54. The first-order valence-corrected chi connectivity index (χ1v) is 15.5. The van der Waals surface area contributed by atoms with Gasteiger partial charge >= 0.3 is 37.5 Å². The summed E-state index contributed by atoms with van der Waals surface area (Å²) < 4.78 is 73.7. The fourth-order valence-corrected chi connectivity index (χ4v) is 5.77. The molecule has 17 nitrogen and oxygen atoms in total. The Morgan fingerprint density at radius 2 is 1.62 bits per heavy atom. The molecule has 0 N–H and O–H groups in total. The zero-order valence-corrected chi connectivity index (χ0v) is 26.7. The molecule has 0 saturated carbocycles. The molecule has 20 heteroatoms. The molecule has 7 atom stereocenters. The number of nitrogens with zero attached hydrogens (tertiary/aromatic N) is 2. The number of hydrogen-bond acceptors (Lipinski definition) is 15. The van der Waals surface area contributed by atoms with Crippen molar-refractivity contribution in [2.75, 3.05) is 26.1 Å². The average Bonchev–Trinajstić information content (AvgIpc) is 3.42. The highest BCUT2D eigenvalue weighted by molar-refractivity contribution is 7.51. The number of carbonyl (C=O) groups is 4. The molecule has 0 bridgehead atoms. The van der Waals surface area contributed by atoms with Crippen LogP contribution in [-0.4, -0.2) is 96.4 Å². The third-order valence-electron chi connectivity index (χ3n) is 5.96. The van der Waals surface area contributed by atoms with Gasteiger partial charge in [0.05, 0.1) is 6.07 Å². The zero-order chi connectivity index (χ0) is 33.9. The van der Waals surface area contributed by atoms with Gasteiger partial charge in [-0.05, 0) is 26.0 Å². The molecule has 2 rings (SSSR count). The molecule has 45 heavy (non-hydrogen) atoms. The maximum atomic E-state index is 15.6. The summed E-state index contributed by atoms with van der Waals surface area (Å²) in [7, 11) is -3.25. The monoisotopic (exact) mass is 688 g/mol. The van der Waals surface area contributed by atoms with E-state index in [0.717, 1.165) is 38.4 Å². The standard InChI is InChI=1S/C25H35ClFN2O15P/c1-14(30)37-13-19(27)21-22(39-15(2)31)23(40-16(3)32)24(41-17(4)33)25(43-21)44-45(36,28(5)11-7-6-10-26)38-12-18-8-9-20(42-18)29(34)35/h8-9,19,21-25H,6-7,10-13H2,1-5H3/t19-,21+,22+,23-,24-,25-,45?/m0/s1. The van der Waals surface area contributed by atoms with Crippen molar-refractivity contribution in [2.45, 2.75) is 84.0 Å². The Hall–Kier alpha value is -3.15.